The third kappa shape index (κ3) is 1.71. The molecule has 4 heteroatoms. The monoisotopic (exact) mass is 156 g/mol. The van der Waals surface area contributed by atoms with E-state index in [2.05, 4.69) is 4.52 Å². The molecule has 0 radical (unpaired) electrons. The molecular formula is C6H5O3P. The Hall–Kier alpha value is -1.08. The molecule has 0 aliphatic carbocycles. The Labute approximate surface area is 59.5 Å². The van der Waals surface area contributed by atoms with E-state index in [0.29, 0.717) is 5.75 Å². The first-order valence-electron chi connectivity index (χ1n) is 2.61. The number of aromatic hydroxyl groups is 1. The van der Waals surface area contributed by atoms with Crippen molar-refractivity contribution in [2.45, 2.75) is 0 Å². The van der Waals surface area contributed by atoms with Gasteiger partial charge in [0.05, 0.1) is 0 Å². The molecule has 0 aliphatic heterocycles. The van der Waals surface area contributed by atoms with Crippen molar-refractivity contribution in [1.29, 1.82) is 0 Å². The van der Waals surface area contributed by atoms with E-state index in [1.807, 2.05) is 0 Å². The van der Waals surface area contributed by atoms with Gasteiger partial charge in [-0.2, -0.15) is 0 Å². The predicted molar refractivity (Wildman–Crippen MR) is 36.3 cm³/mol. The van der Waals surface area contributed by atoms with Crippen LogP contribution in [0.25, 0.3) is 0 Å². The van der Waals surface area contributed by atoms with Crippen molar-refractivity contribution >= 4 is 8.69 Å². The third-order valence-electron chi connectivity index (χ3n) is 0.960. The summed E-state index contributed by atoms with van der Waals surface area (Å²) in [4.78, 5) is 0. The summed E-state index contributed by atoms with van der Waals surface area (Å²) in [5.74, 6) is 0.484. The number of phenolic OH excluding ortho intramolecular Hbond substituents is 1. The molecule has 3 nitrogen and oxygen atoms in total. The van der Waals surface area contributed by atoms with Crippen LogP contribution in [0.15, 0.2) is 24.3 Å². The first-order chi connectivity index (χ1) is 4.83. The SMILES string of the molecule is O=POc1cccc(O)c1. The van der Waals surface area contributed by atoms with Gasteiger partial charge in [0, 0.05) is 6.07 Å². The topological polar surface area (TPSA) is 46.5 Å². The Morgan fingerprint density at radius 2 is 2.30 bits per heavy atom. The summed E-state index contributed by atoms with van der Waals surface area (Å²) in [6.45, 7) is 0. The fourth-order valence-electron chi connectivity index (χ4n) is 0.583. The average Bonchev–Trinajstić information content (AvgIpc) is 1.88. The average molecular weight is 156 g/mol. The molecule has 0 saturated heterocycles. The van der Waals surface area contributed by atoms with Gasteiger partial charge >= 0.3 is 8.69 Å². The van der Waals surface area contributed by atoms with Gasteiger partial charge in [0.2, 0.25) is 0 Å². The van der Waals surface area contributed by atoms with Crippen molar-refractivity contribution in [3.05, 3.63) is 24.3 Å². The predicted octanol–water partition coefficient (Wildman–Crippen LogP) is 1.98. The van der Waals surface area contributed by atoms with Crippen LogP contribution in [-0.4, -0.2) is 5.11 Å². The van der Waals surface area contributed by atoms with Crippen LogP contribution in [0, 0.1) is 0 Å². The lowest BCUT2D eigenvalue weighted by atomic mass is 10.3. The number of phenols is 1. The van der Waals surface area contributed by atoms with E-state index < -0.39 is 8.69 Å². The van der Waals surface area contributed by atoms with Crippen LogP contribution >= 0.6 is 8.69 Å². The van der Waals surface area contributed by atoms with Gasteiger partial charge in [-0.25, -0.2) is 4.57 Å². The number of hydrogen-bond donors (Lipinski definition) is 1. The van der Waals surface area contributed by atoms with Crippen molar-refractivity contribution in [2.75, 3.05) is 0 Å². The molecule has 0 spiro atoms. The molecule has 1 aromatic carbocycles. The van der Waals surface area contributed by atoms with Gasteiger partial charge < -0.3 is 9.63 Å². The zero-order valence-electron chi connectivity index (χ0n) is 5.02. The Kier molecular flexibility index (Phi) is 2.24. The summed E-state index contributed by atoms with van der Waals surface area (Å²) in [6, 6.07) is 6.10. The maximum Gasteiger partial charge on any atom is 0.395 e. The highest BCUT2D eigenvalue weighted by Crippen LogP contribution is 2.19. The molecule has 0 aliphatic rings. The zero-order valence-corrected chi connectivity index (χ0v) is 5.91. The third-order valence-corrected chi connectivity index (χ3v) is 1.25. The molecule has 0 fully saturated rings. The van der Waals surface area contributed by atoms with E-state index in [0.717, 1.165) is 0 Å². The molecule has 1 rings (SSSR count). The van der Waals surface area contributed by atoms with Crippen molar-refractivity contribution in [3.63, 3.8) is 0 Å². The van der Waals surface area contributed by atoms with Gasteiger partial charge in [0.1, 0.15) is 11.5 Å². The lowest BCUT2D eigenvalue weighted by molar-refractivity contribution is 0.470. The number of rotatable bonds is 2. The smallest absolute Gasteiger partial charge is 0.395 e. The van der Waals surface area contributed by atoms with Crippen molar-refractivity contribution < 1.29 is 14.2 Å². The van der Waals surface area contributed by atoms with E-state index >= 15 is 0 Å². The van der Waals surface area contributed by atoms with Crippen molar-refractivity contribution in [2.24, 2.45) is 0 Å². The Bertz CT molecular complexity index is 236. The Morgan fingerprint density at radius 1 is 1.50 bits per heavy atom. The van der Waals surface area contributed by atoms with Crippen LogP contribution in [0.5, 0.6) is 11.5 Å². The highest BCUT2D eigenvalue weighted by molar-refractivity contribution is 7.17. The summed E-state index contributed by atoms with van der Waals surface area (Å²) in [5, 5.41) is 8.85. The van der Waals surface area contributed by atoms with Crippen LogP contribution in [0.3, 0.4) is 0 Å². The fourth-order valence-corrected chi connectivity index (χ4v) is 0.783. The lowest BCUT2D eigenvalue weighted by Gasteiger charge is -1.94. The number of hydrogen-bond acceptors (Lipinski definition) is 3. The molecule has 52 valence electrons. The largest absolute Gasteiger partial charge is 0.508 e. The van der Waals surface area contributed by atoms with E-state index in [4.69, 9.17) is 5.11 Å². The molecule has 1 aromatic rings. The molecule has 0 saturated carbocycles. The van der Waals surface area contributed by atoms with Gasteiger partial charge in [0.15, 0.2) is 0 Å². The second-order valence-electron chi connectivity index (χ2n) is 1.66. The second kappa shape index (κ2) is 3.18. The van der Waals surface area contributed by atoms with E-state index in [1.54, 1.807) is 12.1 Å². The van der Waals surface area contributed by atoms with E-state index in [1.165, 1.54) is 12.1 Å². The van der Waals surface area contributed by atoms with Gasteiger partial charge in [-0.1, -0.05) is 6.07 Å². The highest BCUT2D eigenvalue weighted by Gasteiger charge is 1.92. The van der Waals surface area contributed by atoms with E-state index in [9.17, 15) is 4.57 Å². The van der Waals surface area contributed by atoms with Gasteiger partial charge in [-0.3, -0.25) is 0 Å². The van der Waals surface area contributed by atoms with Gasteiger partial charge in [-0.05, 0) is 12.1 Å². The molecule has 0 heterocycles. The molecule has 0 unspecified atom stereocenters. The summed E-state index contributed by atoms with van der Waals surface area (Å²) in [5.41, 5.74) is 0. The summed E-state index contributed by atoms with van der Waals surface area (Å²) < 4.78 is 14.4. The minimum atomic E-state index is -0.414. The van der Waals surface area contributed by atoms with Crippen LogP contribution < -0.4 is 4.52 Å². The number of benzene rings is 1. The normalized spacial score (nSPS) is 9.60. The summed E-state index contributed by atoms with van der Waals surface area (Å²) in [6.07, 6.45) is 0. The Morgan fingerprint density at radius 3 is 2.90 bits per heavy atom. The quantitative estimate of drug-likeness (QED) is 0.666. The maximum absolute atomic E-state index is 9.88. The molecular weight excluding hydrogens is 151 g/mol. The molecule has 0 bridgehead atoms. The first kappa shape index (κ1) is 7.03. The Balaban J connectivity index is 2.84. The zero-order chi connectivity index (χ0) is 7.40. The minimum absolute atomic E-state index is 0.0983. The highest BCUT2D eigenvalue weighted by atomic mass is 31.1. The van der Waals surface area contributed by atoms with E-state index in [-0.39, 0.29) is 5.75 Å². The first-order valence-corrected chi connectivity index (χ1v) is 3.34. The van der Waals surface area contributed by atoms with Gasteiger partial charge in [0.25, 0.3) is 0 Å². The van der Waals surface area contributed by atoms with Crippen molar-refractivity contribution in [3.8, 4) is 11.5 Å². The fraction of sp³-hybridized carbons (Fsp3) is 0. The standard InChI is InChI=1S/C6H5O3P/c7-5-2-1-3-6(4-5)9-10-8/h1-4,7H. The molecule has 10 heavy (non-hydrogen) atoms. The van der Waals surface area contributed by atoms with Crippen LogP contribution in [0.2, 0.25) is 0 Å². The molecule has 0 aromatic heterocycles. The summed E-state index contributed by atoms with van der Waals surface area (Å²) in [7, 11) is -0.414. The van der Waals surface area contributed by atoms with Crippen molar-refractivity contribution in [1.82, 2.24) is 0 Å². The summed E-state index contributed by atoms with van der Waals surface area (Å²) >= 11 is 0. The van der Waals surface area contributed by atoms with Crippen LogP contribution in [0.4, 0.5) is 0 Å². The molecule has 0 atom stereocenters. The maximum atomic E-state index is 9.88. The van der Waals surface area contributed by atoms with Crippen LogP contribution in [-0.2, 0) is 4.57 Å². The second-order valence-corrected chi connectivity index (χ2v) is 1.99. The minimum Gasteiger partial charge on any atom is -0.508 e. The molecule has 0 amide bonds. The van der Waals surface area contributed by atoms with Crippen LogP contribution in [0.1, 0.15) is 0 Å². The lowest BCUT2D eigenvalue weighted by Crippen LogP contribution is -1.72. The van der Waals surface area contributed by atoms with Gasteiger partial charge in [-0.15, -0.1) is 0 Å². The molecule has 1 N–H and O–H groups in total.